The molecule has 1 amide bonds. The van der Waals surface area contributed by atoms with Crippen molar-refractivity contribution in [3.05, 3.63) is 52.2 Å². The molecule has 7 heteroatoms. The number of carbonyl (C=O) groups excluding carboxylic acids is 2. The second-order valence-corrected chi connectivity index (χ2v) is 11.5. The monoisotopic (exact) mass is 480 g/mol. The molecule has 3 aliphatic carbocycles. The molecule has 180 valence electrons. The number of allylic oxidation sites excluding steroid dienone is 1. The van der Waals surface area contributed by atoms with Crippen LogP contribution in [0.25, 0.3) is 0 Å². The molecule has 6 nitrogen and oxygen atoms in total. The summed E-state index contributed by atoms with van der Waals surface area (Å²) < 4.78 is 5.44. The first-order valence-corrected chi connectivity index (χ1v) is 13.0. The number of nitrogens with one attached hydrogen (secondary N) is 1. The standard InChI is InChI=1S/C27H32N2O4S/c1-15-13-28-26(34-15)29-23(31)9-8-21-22(14-30)25(32)27(2)11-10-19-18-7-5-17(33-3)12-16(18)4-6-20(19)24(21)27/h5,7,12-14,19-21,24,30H,4,6,8-11H2,1-3H3,(H,28,29,31)/b22-14+/t19?,20?,21-,24?,27+/m1/s1. The molecule has 2 aromatic rings. The molecule has 5 rings (SSSR count). The molecular weight excluding hydrogens is 448 g/mol. The third-order valence-corrected chi connectivity index (χ3v) is 9.32. The summed E-state index contributed by atoms with van der Waals surface area (Å²) in [4.78, 5) is 31.4. The van der Waals surface area contributed by atoms with Gasteiger partial charge in [-0.1, -0.05) is 13.0 Å². The number of aromatic nitrogens is 1. The van der Waals surface area contributed by atoms with Crippen molar-refractivity contribution in [2.24, 2.45) is 23.2 Å². The van der Waals surface area contributed by atoms with Gasteiger partial charge in [0.25, 0.3) is 0 Å². The van der Waals surface area contributed by atoms with Crippen molar-refractivity contribution in [2.45, 2.75) is 58.3 Å². The van der Waals surface area contributed by atoms with Crippen molar-refractivity contribution in [1.82, 2.24) is 4.98 Å². The average molecular weight is 481 g/mol. The third-order valence-electron chi connectivity index (χ3n) is 8.49. The highest BCUT2D eigenvalue weighted by atomic mass is 32.1. The number of rotatable bonds is 5. The number of amides is 1. The molecule has 3 aliphatic rings. The largest absolute Gasteiger partial charge is 0.515 e. The van der Waals surface area contributed by atoms with Gasteiger partial charge in [0.1, 0.15) is 5.75 Å². The fourth-order valence-electron chi connectivity index (χ4n) is 7.00. The van der Waals surface area contributed by atoms with E-state index < -0.39 is 5.41 Å². The zero-order valence-corrected chi connectivity index (χ0v) is 20.8. The van der Waals surface area contributed by atoms with Gasteiger partial charge >= 0.3 is 0 Å². The fourth-order valence-corrected chi connectivity index (χ4v) is 7.69. The molecule has 0 aliphatic heterocycles. The molecule has 0 spiro atoms. The van der Waals surface area contributed by atoms with E-state index in [4.69, 9.17) is 4.74 Å². The SMILES string of the molecule is COc1ccc2c(c1)CCC1C2CC[C@]2(C)C(=O)/C(=C/O)[C@@H](CCC(=O)Nc3ncc(C)s3)C12. The highest BCUT2D eigenvalue weighted by Gasteiger charge is 2.60. The summed E-state index contributed by atoms with van der Waals surface area (Å²) in [5.74, 6) is 1.63. The molecule has 3 unspecified atom stereocenters. The van der Waals surface area contributed by atoms with Crippen LogP contribution < -0.4 is 10.1 Å². The number of carbonyl (C=O) groups is 2. The lowest BCUT2D eigenvalue weighted by Crippen LogP contribution is -2.44. The van der Waals surface area contributed by atoms with Crippen molar-refractivity contribution in [1.29, 1.82) is 0 Å². The summed E-state index contributed by atoms with van der Waals surface area (Å²) in [6, 6.07) is 6.39. The number of ether oxygens (including phenoxy) is 1. The van der Waals surface area contributed by atoms with Gasteiger partial charge in [-0.3, -0.25) is 9.59 Å². The maximum atomic E-state index is 13.5. The van der Waals surface area contributed by atoms with E-state index in [1.54, 1.807) is 13.3 Å². The molecule has 2 N–H and O–H groups in total. The minimum atomic E-state index is -0.479. The lowest BCUT2D eigenvalue weighted by molar-refractivity contribution is -0.127. The number of anilines is 1. The van der Waals surface area contributed by atoms with E-state index in [1.807, 2.05) is 13.0 Å². The predicted octanol–water partition coefficient (Wildman–Crippen LogP) is 5.58. The number of benzene rings is 1. The van der Waals surface area contributed by atoms with Gasteiger partial charge in [0.05, 0.1) is 13.4 Å². The summed E-state index contributed by atoms with van der Waals surface area (Å²) in [5.41, 5.74) is 2.75. The number of aliphatic hydroxyl groups excluding tert-OH is 1. The van der Waals surface area contributed by atoms with Gasteiger partial charge in [0.15, 0.2) is 10.9 Å². The van der Waals surface area contributed by atoms with E-state index in [1.165, 1.54) is 22.5 Å². The zero-order valence-electron chi connectivity index (χ0n) is 20.0. The predicted molar refractivity (Wildman–Crippen MR) is 132 cm³/mol. The Morgan fingerprint density at radius 1 is 1.38 bits per heavy atom. The Labute approximate surface area is 204 Å². The number of aryl methyl sites for hydroxylation is 2. The van der Waals surface area contributed by atoms with E-state index in [9.17, 15) is 14.7 Å². The summed E-state index contributed by atoms with van der Waals surface area (Å²) in [7, 11) is 1.70. The normalized spacial score (nSPS) is 31.0. The molecule has 0 bridgehead atoms. The third kappa shape index (κ3) is 3.74. The Balaban J connectivity index is 1.40. The van der Waals surface area contributed by atoms with Gasteiger partial charge in [-0.15, -0.1) is 11.3 Å². The fraction of sp³-hybridized carbons (Fsp3) is 0.519. The molecule has 2 fully saturated rings. The second kappa shape index (κ2) is 8.84. The molecule has 1 aromatic carbocycles. The molecular formula is C27H32N2O4S. The molecule has 5 atom stereocenters. The highest BCUT2D eigenvalue weighted by Crippen LogP contribution is 2.63. The molecule has 0 radical (unpaired) electrons. The molecule has 0 saturated heterocycles. The maximum absolute atomic E-state index is 13.5. The van der Waals surface area contributed by atoms with Crippen LogP contribution in [0.1, 0.15) is 60.9 Å². The quantitative estimate of drug-likeness (QED) is 0.431. The maximum Gasteiger partial charge on any atom is 0.226 e. The second-order valence-electron chi connectivity index (χ2n) is 10.2. The van der Waals surface area contributed by atoms with Crippen LogP contribution in [-0.2, 0) is 16.0 Å². The van der Waals surface area contributed by atoms with Crippen LogP contribution in [0.15, 0.2) is 36.2 Å². The lowest BCUT2D eigenvalue weighted by Gasteiger charge is -2.49. The minimum absolute atomic E-state index is 0.0694. The number of methoxy groups -OCH3 is 1. The van der Waals surface area contributed by atoms with E-state index in [-0.39, 0.29) is 23.5 Å². The minimum Gasteiger partial charge on any atom is -0.515 e. The van der Waals surface area contributed by atoms with Crippen molar-refractivity contribution in [2.75, 3.05) is 12.4 Å². The highest BCUT2D eigenvalue weighted by molar-refractivity contribution is 7.15. The van der Waals surface area contributed by atoms with Crippen molar-refractivity contribution in [3.63, 3.8) is 0 Å². The topological polar surface area (TPSA) is 88.5 Å². The summed E-state index contributed by atoms with van der Waals surface area (Å²) >= 11 is 1.45. The van der Waals surface area contributed by atoms with Crippen molar-refractivity contribution >= 4 is 28.2 Å². The van der Waals surface area contributed by atoms with Gasteiger partial charge in [-0.05, 0) is 86.0 Å². The molecule has 1 heterocycles. The van der Waals surface area contributed by atoms with E-state index in [0.29, 0.717) is 35.4 Å². The van der Waals surface area contributed by atoms with Crippen molar-refractivity contribution in [3.8, 4) is 5.75 Å². The van der Waals surface area contributed by atoms with Gasteiger partial charge in [0, 0.05) is 28.5 Å². The van der Waals surface area contributed by atoms with Crippen LogP contribution in [0.2, 0.25) is 0 Å². The smallest absolute Gasteiger partial charge is 0.226 e. The van der Waals surface area contributed by atoms with Gasteiger partial charge in [-0.25, -0.2) is 4.98 Å². The number of ketones is 1. The average Bonchev–Trinajstić information content (AvgIpc) is 3.34. The number of Topliss-reactive ketones (excluding diaryl/α,β-unsaturated/α-hetero) is 1. The Kier molecular flexibility index (Phi) is 6.00. The first-order valence-electron chi connectivity index (χ1n) is 12.1. The number of thiazole rings is 1. The van der Waals surface area contributed by atoms with Gasteiger partial charge in [-0.2, -0.15) is 0 Å². The number of hydrogen-bond acceptors (Lipinski definition) is 6. The first-order chi connectivity index (χ1) is 16.4. The Hall–Kier alpha value is -2.67. The van der Waals surface area contributed by atoms with Crippen LogP contribution in [0.5, 0.6) is 5.75 Å². The Bertz CT molecular complexity index is 1160. The molecule has 2 saturated carbocycles. The van der Waals surface area contributed by atoms with Crippen LogP contribution in [0.4, 0.5) is 5.13 Å². The lowest BCUT2D eigenvalue weighted by atomic mass is 9.54. The first kappa shape index (κ1) is 23.1. The number of hydrogen-bond donors (Lipinski definition) is 2. The van der Waals surface area contributed by atoms with Crippen LogP contribution in [-0.4, -0.2) is 28.9 Å². The van der Waals surface area contributed by atoms with Crippen LogP contribution in [0.3, 0.4) is 0 Å². The molecule has 1 aromatic heterocycles. The zero-order chi connectivity index (χ0) is 24.0. The van der Waals surface area contributed by atoms with E-state index >= 15 is 0 Å². The van der Waals surface area contributed by atoms with E-state index in [2.05, 4.69) is 29.4 Å². The molecule has 34 heavy (non-hydrogen) atoms. The van der Waals surface area contributed by atoms with Crippen LogP contribution >= 0.6 is 11.3 Å². The Morgan fingerprint density at radius 3 is 2.91 bits per heavy atom. The summed E-state index contributed by atoms with van der Waals surface area (Å²) in [6.07, 6.45) is 7.36. The number of fused-ring (bicyclic) bond motifs is 5. The van der Waals surface area contributed by atoms with Crippen LogP contribution in [0, 0.1) is 30.1 Å². The van der Waals surface area contributed by atoms with E-state index in [0.717, 1.165) is 42.6 Å². The van der Waals surface area contributed by atoms with Gasteiger partial charge in [0.2, 0.25) is 5.91 Å². The summed E-state index contributed by atoms with van der Waals surface area (Å²) in [6.45, 7) is 4.04. The van der Waals surface area contributed by atoms with Crippen molar-refractivity contribution < 1.29 is 19.4 Å². The number of aliphatic hydroxyl groups is 1. The number of nitrogens with zero attached hydrogens (tertiary/aromatic N) is 1. The van der Waals surface area contributed by atoms with Gasteiger partial charge < -0.3 is 15.2 Å². The summed E-state index contributed by atoms with van der Waals surface area (Å²) in [5, 5.41) is 13.6. The Morgan fingerprint density at radius 2 is 2.21 bits per heavy atom.